The zero-order valence-corrected chi connectivity index (χ0v) is 23.6. The number of hydrogen-bond donors (Lipinski definition) is 9. The Balaban J connectivity index is 2.18. The van der Waals surface area contributed by atoms with Crippen molar-refractivity contribution >= 4 is 53.2 Å². The van der Waals surface area contributed by atoms with E-state index in [1.165, 1.54) is 0 Å². The van der Waals surface area contributed by atoms with Crippen LogP contribution in [0.4, 0.5) is 0 Å². The first-order chi connectivity index (χ1) is 18.9. The van der Waals surface area contributed by atoms with Gasteiger partial charge in [-0.25, -0.2) is 4.79 Å². The lowest BCUT2D eigenvalue weighted by Crippen LogP contribution is -2.58. The number of para-hydroxylation sites is 1. The number of aliphatic carboxylic acids is 1. The van der Waals surface area contributed by atoms with Crippen molar-refractivity contribution in [3.8, 4) is 0 Å². The number of rotatable bonds is 16. The topological polar surface area (TPSA) is 231 Å². The molecule has 0 saturated heterocycles. The summed E-state index contributed by atoms with van der Waals surface area (Å²) in [5, 5.41) is 18.3. The summed E-state index contributed by atoms with van der Waals surface area (Å²) in [6.45, 7) is 4.00. The van der Waals surface area contributed by atoms with Crippen molar-refractivity contribution in [2.24, 2.45) is 28.1 Å². The molecule has 13 nitrogen and oxygen atoms in total. The molecule has 0 aliphatic rings. The Hall–Kier alpha value is -3.78. The molecule has 14 heteroatoms. The first-order valence-electron chi connectivity index (χ1n) is 13.0. The summed E-state index contributed by atoms with van der Waals surface area (Å²) in [5.41, 5.74) is 18.1. The Morgan fingerprint density at radius 2 is 1.62 bits per heavy atom. The fraction of sp³-hybridized carbons (Fsp3) is 0.500. The van der Waals surface area contributed by atoms with Crippen molar-refractivity contribution in [2.75, 3.05) is 12.3 Å². The smallest absolute Gasteiger partial charge is 0.326 e. The van der Waals surface area contributed by atoms with Gasteiger partial charge >= 0.3 is 5.97 Å². The molecule has 3 amide bonds. The summed E-state index contributed by atoms with van der Waals surface area (Å²) in [7, 11) is 0. The molecule has 1 heterocycles. The second-order valence-electron chi connectivity index (χ2n) is 9.95. The average Bonchev–Trinajstić information content (AvgIpc) is 3.30. The number of nitrogens with one attached hydrogen (secondary N) is 4. The van der Waals surface area contributed by atoms with E-state index in [1.54, 1.807) is 6.20 Å². The monoisotopic (exact) mass is 576 g/mol. The zero-order valence-electron chi connectivity index (χ0n) is 22.7. The third kappa shape index (κ3) is 10.1. The lowest BCUT2D eigenvalue weighted by Gasteiger charge is -2.25. The number of guanidine groups is 1. The Morgan fingerprint density at radius 3 is 2.25 bits per heavy atom. The number of aromatic amines is 1. The quantitative estimate of drug-likeness (QED) is 0.0551. The Morgan fingerprint density at radius 1 is 1.00 bits per heavy atom. The molecular weight excluding hydrogens is 536 g/mol. The van der Waals surface area contributed by atoms with Crippen LogP contribution in [0.3, 0.4) is 0 Å². The van der Waals surface area contributed by atoms with Crippen molar-refractivity contribution < 1.29 is 24.3 Å². The van der Waals surface area contributed by atoms with Crippen LogP contribution in [-0.2, 0) is 25.6 Å². The minimum Gasteiger partial charge on any atom is -0.480 e. The molecule has 40 heavy (non-hydrogen) atoms. The number of carbonyl (C=O) groups excluding carboxylic acids is 3. The summed E-state index contributed by atoms with van der Waals surface area (Å²) < 4.78 is 0. The number of amides is 3. The summed E-state index contributed by atoms with van der Waals surface area (Å²) in [6.07, 6.45) is 2.76. The number of aliphatic imine (C=N–C) groups is 1. The van der Waals surface area contributed by atoms with Crippen molar-refractivity contribution in [2.45, 2.75) is 63.7 Å². The molecule has 11 N–H and O–H groups in total. The number of H-pyrrole nitrogens is 1. The third-order valence-corrected chi connectivity index (χ3v) is 6.54. The molecule has 2 rings (SSSR count). The maximum Gasteiger partial charge on any atom is 0.326 e. The maximum atomic E-state index is 13.3. The molecule has 0 aliphatic carbocycles. The number of hydrogen-bond acceptors (Lipinski definition) is 7. The fourth-order valence-electron chi connectivity index (χ4n) is 4.09. The number of nitrogens with zero attached hydrogens (tertiary/aromatic N) is 1. The molecule has 1 aromatic heterocycles. The number of thiol groups is 1. The van der Waals surface area contributed by atoms with E-state index in [9.17, 15) is 24.3 Å². The number of nitrogens with two attached hydrogens (primary N) is 3. The Kier molecular flexibility index (Phi) is 12.7. The highest BCUT2D eigenvalue weighted by molar-refractivity contribution is 7.80. The number of aromatic nitrogens is 1. The van der Waals surface area contributed by atoms with Gasteiger partial charge in [-0.1, -0.05) is 32.0 Å². The third-order valence-electron chi connectivity index (χ3n) is 6.17. The predicted octanol–water partition coefficient (Wildman–Crippen LogP) is -0.394. The highest BCUT2D eigenvalue weighted by Crippen LogP contribution is 2.19. The Bertz CT molecular complexity index is 1200. The normalized spacial score (nSPS) is 14.1. The molecule has 4 atom stereocenters. The molecule has 0 spiro atoms. The van der Waals surface area contributed by atoms with Gasteiger partial charge in [0.05, 0.1) is 6.04 Å². The van der Waals surface area contributed by atoms with E-state index in [2.05, 4.69) is 38.6 Å². The number of carboxylic acids is 1. The van der Waals surface area contributed by atoms with Gasteiger partial charge in [0.25, 0.3) is 0 Å². The average molecular weight is 577 g/mol. The molecule has 0 saturated carbocycles. The van der Waals surface area contributed by atoms with Crippen molar-refractivity contribution in [1.82, 2.24) is 20.9 Å². The minimum absolute atomic E-state index is 0.00973. The number of fused-ring (bicyclic) bond motifs is 1. The van der Waals surface area contributed by atoms with Gasteiger partial charge in [0.2, 0.25) is 17.7 Å². The fourth-order valence-corrected chi connectivity index (χ4v) is 4.35. The number of carbonyl (C=O) groups is 4. The van der Waals surface area contributed by atoms with Crippen LogP contribution < -0.4 is 33.2 Å². The van der Waals surface area contributed by atoms with Crippen LogP contribution in [-0.4, -0.2) is 76.2 Å². The number of benzene rings is 1. The predicted molar refractivity (Wildman–Crippen MR) is 157 cm³/mol. The van der Waals surface area contributed by atoms with E-state index in [0.717, 1.165) is 16.5 Å². The lowest BCUT2D eigenvalue weighted by atomic mass is 10.0. The second kappa shape index (κ2) is 15.7. The highest BCUT2D eigenvalue weighted by Gasteiger charge is 2.30. The second-order valence-corrected chi connectivity index (χ2v) is 10.3. The van der Waals surface area contributed by atoms with Gasteiger partial charge in [-0.3, -0.25) is 19.4 Å². The summed E-state index contributed by atoms with van der Waals surface area (Å²) in [6, 6.07) is 3.20. The van der Waals surface area contributed by atoms with Crippen LogP contribution in [0.25, 0.3) is 10.9 Å². The largest absolute Gasteiger partial charge is 0.480 e. The van der Waals surface area contributed by atoms with E-state index in [4.69, 9.17) is 17.2 Å². The van der Waals surface area contributed by atoms with E-state index in [0.29, 0.717) is 13.0 Å². The van der Waals surface area contributed by atoms with Gasteiger partial charge in [0.1, 0.15) is 18.1 Å². The summed E-state index contributed by atoms with van der Waals surface area (Å²) in [5.74, 6) is -3.18. The van der Waals surface area contributed by atoms with E-state index < -0.39 is 47.9 Å². The van der Waals surface area contributed by atoms with Crippen LogP contribution in [0.15, 0.2) is 35.5 Å². The summed E-state index contributed by atoms with van der Waals surface area (Å²) in [4.78, 5) is 57.9. The minimum atomic E-state index is -1.17. The molecule has 0 radical (unpaired) electrons. The van der Waals surface area contributed by atoms with E-state index in [1.807, 2.05) is 38.1 Å². The van der Waals surface area contributed by atoms with Crippen molar-refractivity contribution in [1.29, 1.82) is 0 Å². The van der Waals surface area contributed by atoms with Crippen molar-refractivity contribution in [3.05, 3.63) is 36.0 Å². The highest BCUT2D eigenvalue weighted by atomic mass is 32.1. The molecular formula is C26H40N8O5S. The SMILES string of the molecule is CC(C)CC(NC(=O)C(Cc1c[nH]c2ccccc12)NC(=O)C(CS)NC(=O)C(N)CCCN=C(N)N)C(=O)O. The molecule has 0 bridgehead atoms. The lowest BCUT2D eigenvalue weighted by molar-refractivity contribution is -0.142. The Labute approximate surface area is 238 Å². The van der Waals surface area contributed by atoms with Gasteiger partial charge in [0.15, 0.2) is 5.96 Å². The summed E-state index contributed by atoms with van der Waals surface area (Å²) >= 11 is 4.19. The van der Waals surface area contributed by atoms with Crippen LogP contribution in [0.1, 0.15) is 38.7 Å². The molecule has 220 valence electrons. The van der Waals surface area contributed by atoms with Crippen LogP contribution in [0, 0.1) is 5.92 Å². The first-order valence-corrected chi connectivity index (χ1v) is 13.7. The van der Waals surface area contributed by atoms with Crippen LogP contribution in [0.2, 0.25) is 0 Å². The molecule has 1 aromatic carbocycles. The van der Waals surface area contributed by atoms with E-state index in [-0.39, 0.29) is 36.9 Å². The molecule has 0 aliphatic heterocycles. The standard InChI is InChI=1S/C26H40N8O5S/c1-14(2)10-20(25(38)39)33-23(36)19(11-15-12-31-18-8-4-3-6-16(15)18)32-24(37)21(13-40)34-22(35)17(27)7-5-9-30-26(28)29/h3-4,6,8,12,14,17,19-21,31,40H,5,7,9-11,13,27H2,1-2H3,(H,32,37)(H,33,36)(H,34,35)(H,38,39)(H4,28,29,30). The van der Waals surface area contributed by atoms with Gasteiger partial charge in [-0.15, -0.1) is 0 Å². The van der Waals surface area contributed by atoms with Gasteiger partial charge in [-0.05, 0) is 36.8 Å². The molecule has 0 fully saturated rings. The van der Waals surface area contributed by atoms with E-state index >= 15 is 0 Å². The van der Waals surface area contributed by atoms with Gasteiger partial charge < -0.3 is 43.2 Å². The van der Waals surface area contributed by atoms with Crippen LogP contribution >= 0.6 is 12.6 Å². The first kappa shape index (κ1) is 32.4. The number of carboxylic acid groups (broad SMARTS) is 1. The van der Waals surface area contributed by atoms with Gasteiger partial charge in [-0.2, -0.15) is 12.6 Å². The zero-order chi connectivity index (χ0) is 29.8. The maximum absolute atomic E-state index is 13.3. The van der Waals surface area contributed by atoms with Gasteiger partial charge in [0, 0.05) is 35.8 Å². The molecule has 4 unspecified atom stereocenters. The van der Waals surface area contributed by atoms with Crippen molar-refractivity contribution in [3.63, 3.8) is 0 Å². The van der Waals surface area contributed by atoms with Crippen LogP contribution in [0.5, 0.6) is 0 Å². The molecule has 2 aromatic rings.